The first kappa shape index (κ1) is 9.05. The zero-order valence-corrected chi connectivity index (χ0v) is 7.32. The van der Waals surface area contributed by atoms with Crippen molar-refractivity contribution in [2.75, 3.05) is 0 Å². The van der Waals surface area contributed by atoms with Gasteiger partial charge in [-0.25, -0.2) is 0 Å². The molecule has 0 aromatic heterocycles. The molecule has 1 radical (unpaired) electrons. The molecule has 0 aliphatic heterocycles. The van der Waals surface area contributed by atoms with E-state index < -0.39 is 0 Å². The molecule has 0 aromatic rings. The Balaban J connectivity index is 2.42. The number of hydrogen-bond acceptors (Lipinski definition) is 0. The van der Waals surface area contributed by atoms with Crippen LogP contribution in [0, 0.1) is 6.42 Å². The van der Waals surface area contributed by atoms with E-state index in [-0.39, 0.29) is 0 Å². The third kappa shape index (κ3) is 4.73. The molecular weight excluding hydrogens is 144 g/mol. The SMILES string of the molecule is [CH]1/C=C\C=C\CCC/C=C\C=C\1. The molecule has 1 aliphatic rings. The van der Waals surface area contributed by atoms with Crippen LogP contribution in [0.4, 0.5) is 0 Å². The van der Waals surface area contributed by atoms with Gasteiger partial charge < -0.3 is 0 Å². The molecule has 0 fully saturated rings. The number of rotatable bonds is 0. The Morgan fingerprint density at radius 3 is 1.75 bits per heavy atom. The van der Waals surface area contributed by atoms with Crippen LogP contribution < -0.4 is 0 Å². The standard InChI is InChI=1S/C12H15/c1-2-4-6-8-10-12-11-9-7-5-3-1/h1-9H,10-12H2/b4-2-,5-3+,8-6+,9-7-. The summed E-state index contributed by atoms with van der Waals surface area (Å²) in [5, 5.41) is 0. The fourth-order valence-electron chi connectivity index (χ4n) is 1.02. The van der Waals surface area contributed by atoms with E-state index >= 15 is 0 Å². The van der Waals surface area contributed by atoms with Crippen molar-refractivity contribution in [2.45, 2.75) is 19.3 Å². The predicted octanol–water partition coefficient (Wildman–Crippen LogP) is 3.60. The molecule has 0 N–H and O–H groups in total. The lowest BCUT2D eigenvalue weighted by molar-refractivity contribution is 0.868. The van der Waals surface area contributed by atoms with Crippen molar-refractivity contribution in [2.24, 2.45) is 0 Å². The van der Waals surface area contributed by atoms with Gasteiger partial charge in [-0.05, 0) is 19.3 Å². The van der Waals surface area contributed by atoms with Gasteiger partial charge in [0.2, 0.25) is 0 Å². The summed E-state index contributed by atoms with van der Waals surface area (Å²) in [6.07, 6.45) is 22.5. The van der Waals surface area contributed by atoms with Gasteiger partial charge >= 0.3 is 0 Å². The Morgan fingerprint density at radius 1 is 0.583 bits per heavy atom. The van der Waals surface area contributed by atoms with Gasteiger partial charge in [-0.1, -0.05) is 48.6 Å². The van der Waals surface area contributed by atoms with Crippen molar-refractivity contribution in [3.63, 3.8) is 0 Å². The molecule has 0 heteroatoms. The lowest BCUT2D eigenvalue weighted by atomic mass is 10.2. The van der Waals surface area contributed by atoms with E-state index in [2.05, 4.69) is 36.5 Å². The summed E-state index contributed by atoms with van der Waals surface area (Å²) < 4.78 is 0. The van der Waals surface area contributed by atoms with E-state index in [4.69, 9.17) is 0 Å². The Hall–Kier alpha value is -1.04. The summed E-state index contributed by atoms with van der Waals surface area (Å²) in [4.78, 5) is 0. The van der Waals surface area contributed by atoms with Gasteiger partial charge in [-0.3, -0.25) is 0 Å². The summed E-state index contributed by atoms with van der Waals surface area (Å²) in [7, 11) is 0. The van der Waals surface area contributed by atoms with Gasteiger partial charge in [0.25, 0.3) is 0 Å². The first-order valence-electron chi connectivity index (χ1n) is 4.48. The first-order valence-corrected chi connectivity index (χ1v) is 4.48. The molecule has 0 aromatic carbocycles. The van der Waals surface area contributed by atoms with Crippen molar-refractivity contribution in [1.29, 1.82) is 0 Å². The van der Waals surface area contributed by atoms with Crippen LogP contribution in [-0.2, 0) is 0 Å². The smallest absolute Gasteiger partial charge is 0.00506 e. The fraction of sp³-hybridized carbons (Fsp3) is 0.250. The van der Waals surface area contributed by atoms with Crippen LogP contribution >= 0.6 is 0 Å². The summed E-state index contributed by atoms with van der Waals surface area (Å²) in [6.45, 7) is 0. The first-order chi connectivity index (χ1) is 6.00. The Morgan fingerprint density at radius 2 is 1.17 bits per heavy atom. The predicted molar refractivity (Wildman–Crippen MR) is 54.7 cm³/mol. The Kier molecular flexibility index (Phi) is 5.02. The molecular formula is C12H15. The van der Waals surface area contributed by atoms with Crippen molar-refractivity contribution in [1.82, 2.24) is 0 Å². The van der Waals surface area contributed by atoms with Crippen molar-refractivity contribution < 1.29 is 0 Å². The molecule has 0 heterocycles. The molecule has 1 aliphatic carbocycles. The monoisotopic (exact) mass is 159 g/mol. The topological polar surface area (TPSA) is 0 Å². The maximum absolute atomic E-state index is 2.21. The van der Waals surface area contributed by atoms with Gasteiger partial charge in [-0.15, -0.1) is 0 Å². The van der Waals surface area contributed by atoms with E-state index in [0.29, 0.717) is 0 Å². The number of allylic oxidation sites excluding steroid dienone is 8. The molecule has 0 unspecified atom stereocenters. The molecule has 0 spiro atoms. The maximum atomic E-state index is 2.21. The zero-order chi connectivity index (χ0) is 8.49. The van der Waals surface area contributed by atoms with E-state index in [1.807, 2.05) is 18.6 Å². The van der Waals surface area contributed by atoms with Gasteiger partial charge in [0, 0.05) is 6.42 Å². The maximum Gasteiger partial charge on any atom is 0.00506 e. The molecule has 0 atom stereocenters. The van der Waals surface area contributed by atoms with E-state index in [9.17, 15) is 0 Å². The molecule has 12 heavy (non-hydrogen) atoms. The summed E-state index contributed by atoms with van der Waals surface area (Å²) in [6, 6.07) is 0. The van der Waals surface area contributed by atoms with Gasteiger partial charge in [-0.2, -0.15) is 0 Å². The van der Waals surface area contributed by atoms with Crippen LogP contribution in [-0.4, -0.2) is 0 Å². The van der Waals surface area contributed by atoms with Crippen molar-refractivity contribution in [3.05, 3.63) is 55.0 Å². The van der Waals surface area contributed by atoms with E-state index in [1.165, 1.54) is 19.3 Å². The summed E-state index contributed by atoms with van der Waals surface area (Å²) >= 11 is 0. The zero-order valence-electron chi connectivity index (χ0n) is 7.32. The van der Waals surface area contributed by atoms with Gasteiger partial charge in [0.1, 0.15) is 0 Å². The molecule has 1 rings (SSSR count). The van der Waals surface area contributed by atoms with Crippen LogP contribution in [0.5, 0.6) is 0 Å². The van der Waals surface area contributed by atoms with Gasteiger partial charge in [0.05, 0.1) is 0 Å². The third-order valence-corrected chi connectivity index (χ3v) is 1.68. The summed E-state index contributed by atoms with van der Waals surface area (Å²) in [5.74, 6) is 0. The Bertz CT molecular complexity index is 182. The molecule has 0 saturated heterocycles. The molecule has 0 saturated carbocycles. The average Bonchev–Trinajstić information content (AvgIpc) is 2.05. The van der Waals surface area contributed by atoms with Crippen LogP contribution in [0.2, 0.25) is 0 Å². The molecule has 0 nitrogen and oxygen atoms in total. The van der Waals surface area contributed by atoms with E-state index in [0.717, 1.165) is 0 Å². The minimum absolute atomic E-state index is 1.18. The van der Waals surface area contributed by atoms with Crippen LogP contribution in [0.25, 0.3) is 0 Å². The fourth-order valence-corrected chi connectivity index (χ4v) is 1.02. The molecule has 63 valence electrons. The van der Waals surface area contributed by atoms with Crippen LogP contribution in [0.3, 0.4) is 0 Å². The van der Waals surface area contributed by atoms with Crippen molar-refractivity contribution >= 4 is 0 Å². The second-order valence-electron chi connectivity index (χ2n) is 2.75. The highest BCUT2D eigenvalue weighted by Gasteiger charge is 1.79. The quantitative estimate of drug-likeness (QED) is 0.506. The second kappa shape index (κ2) is 6.66. The summed E-state index contributed by atoms with van der Waals surface area (Å²) in [5.41, 5.74) is 0. The van der Waals surface area contributed by atoms with Gasteiger partial charge in [0.15, 0.2) is 0 Å². The lowest BCUT2D eigenvalue weighted by Crippen LogP contribution is -1.69. The molecule has 0 amide bonds. The lowest BCUT2D eigenvalue weighted by Gasteiger charge is -1.89. The van der Waals surface area contributed by atoms with Crippen molar-refractivity contribution in [3.8, 4) is 0 Å². The minimum Gasteiger partial charge on any atom is -0.0845 e. The molecule has 0 bridgehead atoms. The highest BCUT2D eigenvalue weighted by molar-refractivity contribution is 5.17. The normalized spacial score (nSPS) is 29.3. The highest BCUT2D eigenvalue weighted by Crippen LogP contribution is 1.99. The van der Waals surface area contributed by atoms with E-state index in [1.54, 1.807) is 0 Å². The van der Waals surface area contributed by atoms with Crippen LogP contribution in [0.15, 0.2) is 48.6 Å². The Labute approximate surface area is 75.0 Å². The van der Waals surface area contributed by atoms with Crippen LogP contribution in [0.1, 0.15) is 19.3 Å². The third-order valence-electron chi connectivity index (χ3n) is 1.68. The largest absolute Gasteiger partial charge is 0.0845 e. The number of hydrogen-bond donors (Lipinski definition) is 0. The second-order valence-corrected chi connectivity index (χ2v) is 2.75. The highest BCUT2D eigenvalue weighted by atomic mass is 13.9. The average molecular weight is 159 g/mol. The minimum atomic E-state index is 1.18.